The molecule has 2 fully saturated rings. The summed E-state index contributed by atoms with van der Waals surface area (Å²) in [5.41, 5.74) is 0.479. The number of hydrogen-bond donors (Lipinski definition) is 3. The molecule has 0 spiro atoms. The molecule has 4 amide bonds. The van der Waals surface area contributed by atoms with Gasteiger partial charge in [-0.05, 0) is 42.5 Å². The van der Waals surface area contributed by atoms with Crippen LogP contribution in [0.5, 0.6) is 5.75 Å². The standard InChI is InChI=1S/C19H19N3O5/c23-13-5-3-12(4-6-13)21-14(24)8-20-15(25)9-22-18(26)16-10-1-2-11(7-10)17(16)19(22)27/h1-6,10-11,16-17,23H,7-9H2,(H,20,25)(H,21,24). The molecular formula is C19H19N3O5. The summed E-state index contributed by atoms with van der Waals surface area (Å²) in [6.45, 7) is -0.647. The second-order valence-corrected chi connectivity index (χ2v) is 7.13. The zero-order valence-electron chi connectivity index (χ0n) is 14.4. The molecule has 1 saturated heterocycles. The third-order valence-electron chi connectivity index (χ3n) is 5.46. The van der Waals surface area contributed by atoms with Crippen molar-refractivity contribution in [3.63, 3.8) is 0 Å². The van der Waals surface area contributed by atoms with Gasteiger partial charge in [0.05, 0.1) is 18.4 Å². The number of aromatic hydroxyl groups is 1. The molecule has 27 heavy (non-hydrogen) atoms. The van der Waals surface area contributed by atoms with Gasteiger partial charge in [0.25, 0.3) is 0 Å². The summed E-state index contributed by atoms with van der Waals surface area (Å²) < 4.78 is 0. The summed E-state index contributed by atoms with van der Waals surface area (Å²) in [5.74, 6) is -1.98. The number of phenolic OH excluding ortho intramolecular Hbond substituents is 1. The zero-order chi connectivity index (χ0) is 19.1. The molecule has 4 rings (SSSR count). The number of nitrogens with one attached hydrogen (secondary N) is 2. The van der Waals surface area contributed by atoms with E-state index in [1.165, 1.54) is 24.3 Å². The molecule has 4 unspecified atom stereocenters. The van der Waals surface area contributed by atoms with Crippen LogP contribution in [0.15, 0.2) is 36.4 Å². The van der Waals surface area contributed by atoms with Crippen molar-refractivity contribution >= 4 is 29.3 Å². The number of carbonyl (C=O) groups excluding carboxylic acids is 4. The number of allylic oxidation sites excluding steroid dienone is 2. The van der Waals surface area contributed by atoms with E-state index in [1.54, 1.807) is 0 Å². The predicted molar refractivity (Wildman–Crippen MR) is 94.2 cm³/mol. The SMILES string of the molecule is O=C(CN1C(=O)C2C3C=CC(C3)C2C1=O)NCC(=O)Nc1ccc(O)cc1. The molecule has 1 saturated carbocycles. The van der Waals surface area contributed by atoms with Crippen LogP contribution in [0.1, 0.15) is 6.42 Å². The van der Waals surface area contributed by atoms with Crippen LogP contribution in [0.2, 0.25) is 0 Å². The highest BCUT2D eigenvalue weighted by Gasteiger charge is 2.59. The van der Waals surface area contributed by atoms with Gasteiger partial charge < -0.3 is 15.7 Å². The fourth-order valence-electron chi connectivity index (χ4n) is 4.25. The van der Waals surface area contributed by atoms with Gasteiger partial charge >= 0.3 is 0 Å². The van der Waals surface area contributed by atoms with Crippen LogP contribution in [-0.4, -0.2) is 46.7 Å². The lowest BCUT2D eigenvalue weighted by molar-refractivity contribution is -0.144. The lowest BCUT2D eigenvalue weighted by Crippen LogP contribution is -2.43. The Hall–Kier alpha value is -3.16. The fraction of sp³-hybridized carbons (Fsp3) is 0.368. The normalized spacial score (nSPS) is 27.8. The number of amides is 4. The summed E-state index contributed by atoms with van der Waals surface area (Å²) in [5, 5.41) is 14.2. The maximum Gasteiger partial charge on any atom is 0.243 e. The molecule has 3 aliphatic rings. The van der Waals surface area contributed by atoms with Crippen molar-refractivity contribution in [1.29, 1.82) is 0 Å². The molecule has 1 heterocycles. The molecule has 4 atom stereocenters. The number of fused-ring (bicyclic) bond motifs is 5. The summed E-state index contributed by atoms with van der Waals surface area (Å²) in [6, 6.07) is 5.91. The summed E-state index contributed by atoms with van der Waals surface area (Å²) in [7, 11) is 0. The first-order chi connectivity index (χ1) is 12.9. The van der Waals surface area contributed by atoms with Gasteiger partial charge in [0.15, 0.2) is 0 Å². The largest absolute Gasteiger partial charge is 0.508 e. The number of anilines is 1. The molecule has 8 nitrogen and oxygen atoms in total. The first-order valence-electron chi connectivity index (χ1n) is 8.83. The summed E-state index contributed by atoms with van der Waals surface area (Å²) >= 11 is 0. The van der Waals surface area contributed by atoms with Crippen molar-refractivity contribution in [2.75, 3.05) is 18.4 Å². The highest BCUT2D eigenvalue weighted by Crippen LogP contribution is 2.52. The van der Waals surface area contributed by atoms with Crippen molar-refractivity contribution in [2.45, 2.75) is 6.42 Å². The number of carbonyl (C=O) groups is 4. The van der Waals surface area contributed by atoms with Gasteiger partial charge in [-0.3, -0.25) is 24.1 Å². The number of likely N-dealkylation sites (tertiary alicyclic amines) is 1. The molecule has 1 aliphatic heterocycles. The number of rotatable bonds is 5. The van der Waals surface area contributed by atoms with E-state index >= 15 is 0 Å². The van der Waals surface area contributed by atoms with Crippen LogP contribution < -0.4 is 10.6 Å². The third-order valence-corrected chi connectivity index (χ3v) is 5.46. The quantitative estimate of drug-likeness (QED) is 0.391. The first kappa shape index (κ1) is 17.3. The van der Waals surface area contributed by atoms with Gasteiger partial charge in [0.2, 0.25) is 23.6 Å². The van der Waals surface area contributed by atoms with E-state index in [1.807, 2.05) is 12.2 Å². The maximum atomic E-state index is 12.5. The number of phenols is 1. The molecule has 2 aliphatic carbocycles. The fourth-order valence-corrected chi connectivity index (χ4v) is 4.25. The first-order valence-corrected chi connectivity index (χ1v) is 8.83. The van der Waals surface area contributed by atoms with Gasteiger partial charge in [-0.15, -0.1) is 0 Å². The third kappa shape index (κ3) is 3.07. The minimum atomic E-state index is -0.558. The number of hydrogen-bond acceptors (Lipinski definition) is 5. The van der Waals surface area contributed by atoms with Gasteiger partial charge in [0.1, 0.15) is 12.3 Å². The highest BCUT2D eigenvalue weighted by molar-refractivity contribution is 6.08. The average Bonchev–Trinajstić information content (AvgIpc) is 3.32. The van der Waals surface area contributed by atoms with Gasteiger partial charge in [-0.2, -0.15) is 0 Å². The van der Waals surface area contributed by atoms with Crippen molar-refractivity contribution in [3.05, 3.63) is 36.4 Å². The van der Waals surface area contributed by atoms with Crippen LogP contribution in [0.3, 0.4) is 0 Å². The summed E-state index contributed by atoms with van der Waals surface area (Å²) in [4.78, 5) is 50.0. The topological polar surface area (TPSA) is 116 Å². The molecule has 3 N–H and O–H groups in total. The Kier molecular flexibility index (Phi) is 4.18. The monoisotopic (exact) mass is 369 g/mol. The molecule has 0 aromatic heterocycles. The smallest absolute Gasteiger partial charge is 0.243 e. The lowest BCUT2D eigenvalue weighted by Gasteiger charge is -2.16. The minimum absolute atomic E-state index is 0.0784. The molecule has 140 valence electrons. The Morgan fingerprint density at radius 2 is 1.59 bits per heavy atom. The Labute approximate surface area is 155 Å². The second kappa shape index (κ2) is 6.53. The maximum absolute atomic E-state index is 12.5. The molecule has 8 heteroatoms. The number of imide groups is 1. The average molecular weight is 369 g/mol. The second-order valence-electron chi connectivity index (χ2n) is 7.13. The van der Waals surface area contributed by atoms with Crippen LogP contribution in [0.4, 0.5) is 5.69 Å². The molecule has 1 aromatic rings. The van der Waals surface area contributed by atoms with Gasteiger partial charge in [-0.1, -0.05) is 12.2 Å². The van der Waals surface area contributed by atoms with E-state index in [0.717, 1.165) is 11.3 Å². The van der Waals surface area contributed by atoms with Crippen molar-refractivity contribution in [3.8, 4) is 5.75 Å². The van der Waals surface area contributed by atoms with E-state index in [2.05, 4.69) is 10.6 Å². The van der Waals surface area contributed by atoms with Crippen LogP contribution in [-0.2, 0) is 19.2 Å². The predicted octanol–water partition coefficient (Wildman–Crippen LogP) is 0.254. The number of benzene rings is 1. The zero-order valence-corrected chi connectivity index (χ0v) is 14.4. The Morgan fingerprint density at radius 1 is 1.00 bits per heavy atom. The van der Waals surface area contributed by atoms with Crippen LogP contribution >= 0.6 is 0 Å². The van der Waals surface area contributed by atoms with Crippen molar-refractivity contribution in [2.24, 2.45) is 23.7 Å². The van der Waals surface area contributed by atoms with Crippen molar-refractivity contribution in [1.82, 2.24) is 10.2 Å². The van der Waals surface area contributed by atoms with E-state index in [9.17, 15) is 24.3 Å². The van der Waals surface area contributed by atoms with Crippen molar-refractivity contribution < 1.29 is 24.3 Å². The molecular weight excluding hydrogens is 350 g/mol. The van der Waals surface area contributed by atoms with E-state index in [0.29, 0.717) is 5.69 Å². The van der Waals surface area contributed by atoms with Crippen LogP contribution in [0, 0.1) is 23.7 Å². The Balaban J connectivity index is 1.28. The van der Waals surface area contributed by atoms with Gasteiger partial charge in [0, 0.05) is 5.69 Å². The van der Waals surface area contributed by atoms with E-state index in [4.69, 9.17) is 0 Å². The molecule has 1 aromatic carbocycles. The van der Waals surface area contributed by atoms with Gasteiger partial charge in [-0.25, -0.2) is 0 Å². The lowest BCUT2D eigenvalue weighted by atomic mass is 9.85. The molecule has 2 bridgehead atoms. The minimum Gasteiger partial charge on any atom is -0.508 e. The Morgan fingerprint density at radius 3 is 2.19 bits per heavy atom. The highest BCUT2D eigenvalue weighted by atomic mass is 16.3. The van der Waals surface area contributed by atoms with Crippen LogP contribution in [0.25, 0.3) is 0 Å². The number of nitrogens with zero attached hydrogens (tertiary/aromatic N) is 1. The molecule has 0 radical (unpaired) electrons. The van der Waals surface area contributed by atoms with E-state index in [-0.39, 0.29) is 54.3 Å². The summed E-state index contributed by atoms with van der Waals surface area (Å²) in [6.07, 6.45) is 4.83. The van der Waals surface area contributed by atoms with E-state index < -0.39 is 11.8 Å². The Bertz CT molecular complexity index is 817.